The molecule has 0 saturated carbocycles. The smallest absolute Gasteiger partial charge is 0.190 e. The van der Waals surface area contributed by atoms with E-state index in [2.05, 4.69) is 16.5 Å². The summed E-state index contributed by atoms with van der Waals surface area (Å²) >= 11 is 1.55. The van der Waals surface area contributed by atoms with E-state index < -0.39 is 0 Å². The molecule has 0 aliphatic heterocycles. The topological polar surface area (TPSA) is 45.0 Å². The van der Waals surface area contributed by atoms with E-state index in [1.54, 1.807) is 32.7 Å². The van der Waals surface area contributed by atoms with E-state index in [0.29, 0.717) is 6.54 Å². The molecule has 5 nitrogen and oxygen atoms in total. The van der Waals surface area contributed by atoms with Crippen molar-refractivity contribution in [2.75, 3.05) is 21.3 Å². The molecule has 0 amide bonds. The van der Waals surface area contributed by atoms with Crippen LogP contribution in [0.3, 0.4) is 0 Å². The van der Waals surface area contributed by atoms with Crippen LogP contribution >= 0.6 is 11.3 Å². The molecule has 1 aromatic heterocycles. The fourth-order valence-electron chi connectivity index (χ4n) is 2.78. The van der Waals surface area contributed by atoms with E-state index >= 15 is 0 Å². The Morgan fingerprint density at radius 1 is 1.04 bits per heavy atom. The van der Waals surface area contributed by atoms with Gasteiger partial charge in [-0.2, -0.15) is 0 Å². The lowest BCUT2D eigenvalue weighted by Gasteiger charge is -2.12. The zero-order valence-corrected chi connectivity index (χ0v) is 16.5. The minimum Gasteiger partial charge on any atom is -0.497 e. The average Bonchev–Trinajstić information content (AvgIpc) is 3.10. The van der Waals surface area contributed by atoms with Gasteiger partial charge in [0.1, 0.15) is 22.9 Å². The summed E-state index contributed by atoms with van der Waals surface area (Å²) in [7, 11) is 4.96. The maximum absolute atomic E-state index is 5.56. The van der Waals surface area contributed by atoms with E-state index in [4.69, 9.17) is 19.2 Å². The van der Waals surface area contributed by atoms with Gasteiger partial charge < -0.3 is 18.8 Å². The standard InChI is InChI=1S/C21H22N2O3S/c1-5-12-23-18(16-13-15(24-2)10-11-19(16)25-3)14-27-21(23)22-17-8-6-7-9-20(17)26-4/h5-11,13-14H,1,12H2,2-4H3. The molecule has 0 spiro atoms. The summed E-state index contributed by atoms with van der Waals surface area (Å²) in [6.45, 7) is 4.51. The summed E-state index contributed by atoms with van der Waals surface area (Å²) in [5.74, 6) is 2.28. The molecule has 140 valence electrons. The number of allylic oxidation sites excluding steroid dienone is 1. The molecule has 0 fully saturated rings. The monoisotopic (exact) mass is 382 g/mol. The molecule has 0 aliphatic rings. The first-order chi connectivity index (χ1) is 13.2. The summed E-state index contributed by atoms with van der Waals surface area (Å²) in [6, 6.07) is 13.5. The van der Waals surface area contributed by atoms with Gasteiger partial charge in [0.2, 0.25) is 0 Å². The van der Waals surface area contributed by atoms with Gasteiger partial charge >= 0.3 is 0 Å². The second-order valence-corrected chi connectivity index (χ2v) is 6.49. The molecule has 3 rings (SSSR count). The largest absolute Gasteiger partial charge is 0.497 e. The van der Waals surface area contributed by atoms with Gasteiger partial charge in [0.15, 0.2) is 4.80 Å². The van der Waals surface area contributed by atoms with Crippen LogP contribution in [0, 0.1) is 0 Å². The molecule has 0 atom stereocenters. The van der Waals surface area contributed by atoms with Gasteiger partial charge in [-0.3, -0.25) is 0 Å². The Morgan fingerprint density at radius 2 is 1.81 bits per heavy atom. The van der Waals surface area contributed by atoms with Gasteiger partial charge in [-0.1, -0.05) is 18.2 Å². The van der Waals surface area contributed by atoms with E-state index in [1.807, 2.05) is 48.5 Å². The lowest BCUT2D eigenvalue weighted by Crippen LogP contribution is -2.15. The summed E-state index contributed by atoms with van der Waals surface area (Å²) in [5, 5.41) is 2.06. The number of para-hydroxylation sites is 2. The zero-order chi connectivity index (χ0) is 19.2. The number of hydrogen-bond acceptors (Lipinski definition) is 5. The molecular formula is C21H22N2O3S. The highest BCUT2D eigenvalue weighted by molar-refractivity contribution is 7.07. The highest BCUT2D eigenvalue weighted by atomic mass is 32.1. The summed E-state index contributed by atoms with van der Waals surface area (Å²) < 4.78 is 18.5. The number of nitrogens with zero attached hydrogens (tertiary/aromatic N) is 2. The summed E-state index contributed by atoms with van der Waals surface area (Å²) in [6.07, 6.45) is 1.85. The number of methoxy groups -OCH3 is 3. The molecule has 0 aliphatic carbocycles. The van der Waals surface area contributed by atoms with Crippen molar-refractivity contribution in [3.63, 3.8) is 0 Å². The zero-order valence-electron chi connectivity index (χ0n) is 15.6. The van der Waals surface area contributed by atoms with Crippen molar-refractivity contribution < 1.29 is 14.2 Å². The maximum atomic E-state index is 5.56. The highest BCUT2D eigenvalue weighted by Crippen LogP contribution is 2.34. The lowest BCUT2D eigenvalue weighted by atomic mass is 10.1. The number of aromatic nitrogens is 1. The first kappa shape index (κ1) is 18.8. The molecule has 0 N–H and O–H groups in total. The van der Waals surface area contributed by atoms with E-state index in [9.17, 15) is 0 Å². The molecular weight excluding hydrogens is 360 g/mol. The number of benzene rings is 2. The summed E-state index contributed by atoms with van der Waals surface area (Å²) in [4.78, 5) is 5.66. The first-order valence-corrected chi connectivity index (χ1v) is 9.29. The highest BCUT2D eigenvalue weighted by Gasteiger charge is 2.14. The quantitative estimate of drug-likeness (QED) is 0.558. The van der Waals surface area contributed by atoms with Crippen LogP contribution < -0.4 is 19.0 Å². The molecule has 2 aromatic carbocycles. The van der Waals surface area contributed by atoms with Crippen LogP contribution in [0.2, 0.25) is 0 Å². The van der Waals surface area contributed by atoms with Crippen LogP contribution in [0.25, 0.3) is 11.3 Å². The predicted octanol–water partition coefficient (Wildman–Crippen LogP) is 4.66. The SMILES string of the molecule is C=CCn1c(-c2cc(OC)ccc2OC)csc1=Nc1ccccc1OC. The molecule has 1 heterocycles. The fraction of sp³-hybridized carbons (Fsp3) is 0.190. The van der Waals surface area contributed by atoms with Gasteiger partial charge in [0.05, 0.1) is 27.0 Å². The van der Waals surface area contributed by atoms with Gasteiger partial charge in [0.25, 0.3) is 0 Å². The number of ether oxygens (including phenoxy) is 3. The Bertz CT molecular complexity index is 1000. The molecule has 27 heavy (non-hydrogen) atoms. The van der Waals surface area contributed by atoms with E-state index in [-0.39, 0.29) is 0 Å². The normalized spacial score (nSPS) is 11.3. The molecule has 0 saturated heterocycles. The summed E-state index contributed by atoms with van der Waals surface area (Å²) in [5.41, 5.74) is 2.71. The Morgan fingerprint density at radius 3 is 2.52 bits per heavy atom. The lowest BCUT2D eigenvalue weighted by molar-refractivity contribution is 0.404. The number of thiazole rings is 1. The van der Waals surface area contributed by atoms with Crippen molar-refractivity contribution in [3.8, 4) is 28.5 Å². The van der Waals surface area contributed by atoms with Crippen molar-refractivity contribution in [2.45, 2.75) is 6.54 Å². The maximum Gasteiger partial charge on any atom is 0.190 e. The van der Waals surface area contributed by atoms with Crippen molar-refractivity contribution in [3.05, 3.63) is 65.3 Å². The predicted molar refractivity (Wildman–Crippen MR) is 109 cm³/mol. The van der Waals surface area contributed by atoms with Gasteiger partial charge in [-0.05, 0) is 30.3 Å². The second-order valence-electron chi connectivity index (χ2n) is 5.65. The van der Waals surface area contributed by atoms with E-state index in [0.717, 1.165) is 39.0 Å². The number of rotatable bonds is 7. The van der Waals surface area contributed by atoms with Crippen molar-refractivity contribution in [2.24, 2.45) is 4.99 Å². The number of hydrogen-bond donors (Lipinski definition) is 0. The van der Waals surface area contributed by atoms with Gasteiger partial charge in [0, 0.05) is 17.5 Å². The minimum absolute atomic E-state index is 0.618. The third-order valence-corrected chi connectivity index (χ3v) is 4.96. The van der Waals surface area contributed by atoms with Gasteiger partial charge in [-0.15, -0.1) is 17.9 Å². The fourth-order valence-corrected chi connectivity index (χ4v) is 3.70. The Balaban J connectivity index is 2.20. The van der Waals surface area contributed by atoms with Crippen LogP contribution in [0.1, 0.15) is 0 Å². The molecule has 6 heteroatoms. The molecule has 0 radical (unpaired) electrons. The van der Waals surface area contributed by atoms with Gasteiger partial charge in [-0.25, -0.2) is 4.99 Å². The van der Waals surface area contributed by atoms with Crippen molar-refractivity contribution in [1.29, 1.82) is 0 Å². The van der Waals surface area contributed by atoms with Crippen LogP contribution in [-0.4, -0.2) is 25.9 Å². The average molecular weight is 382 g/mol. The van der Waals surface area contributed by atoms with E-state index in [1.165, 1.54) is 0 Å². The van der Waals surface area contributed by atoms with Crippen molar-refractivity contribution >= 4 is 17.0 Å². The van der Waals surface area contributed by atoms with Crippen LogP contribution in [0.5, 0.6) is 17.2 Å². The van der Waals surface area contributed by atoms with Crippen LogP contribution in [0.15, 0.2) is 65.5 Å². The molecule has 0 unspecified atom stereocenters. The molecule has 3 aromatic rings. The minimum atomic E-state index is 0.618. The Hall–Kier alpha value is -2.99. The van der Waals surface area contributed by atoms with Crippen LogP contribution in [0.4, 0.5) is 5.69 Å². The third kappa shape index (κ3) is 3.90. The third-order valence-electron chi connectivity index (χ3n) is 4.09. The Labute approximate surface area is 162 Å². The van der Waals surface area contributed by atoms with Crippen LogP contribution in [-0.2, 0) is 6.54 Å². The second kappa shape index (κ2) is 8.60. The molecule has 0 bridgehead atoms. The Kier molecular flexibility index (Phi) is 5.98. The first-order valence-electron chi connectivity index (χ1n) is 8.41. The van der Waals surface area contributed by atoms with Crippen molar-refractivity contribution in [1.82, 2.24) is 4.57 Å².